The van der Waals surface area contributed by atoms with Gasteiger partial charge >= 0.3 is 0 Å². The van der Waals surface area contributed by atoms with Gasteiger partial charge in [-0.25, -0.2) is 4.98 Å². The van der Waals surface area contributed by atoms with Crippen LogP contribution in [0, 0.1) is 0 Å². The molecule has 1 atom stereocenters. The van der Waals surface area contributed by atoms with Crippen molar-refractivity contribution >= 4 is 5.91 Å². The van der Waals surface area contributed by atoms with Crippen molar-refractivity contribution < 1.29 is 4.79 Å². The molecule has 1 heterocycles. The first-order valence-electron chi connectivity index (χ1n) is 4.73. The van der Waals surface area contributed by atoms with Crippen LogP contribution in [0.2, 0.25) is 0 Å². The third-order valence-corrected chi connectivity index (χ3v) is 2.01. The lowest BCUT2D eigenvalue weighted by molar-refractivity contribution is -0.122. The number of rotatable bonds is 5. The molecule has 5 heteroatoms. The van der Waals surface area contributed by atoms with Gasteiger partial charge in [0.1, 0.15) is 0 Å². The largest absolute Gasteiger partial charge is 0.353 e. The van der Waals surface area contributed by atoms with Gasteiger partial charge in [0.05, 0.1) is 12.4 Å². The molecule has 1 unspecified atom stereocenters. The minimum Gasteiger partial charge on any atom is -0.353 e. The van der Waals surface area contributed by atoms with Crippen molar-refractivity contribution in [3.8, 4) is 0 Å². The van der Waals surface area contributed by atoms with Crippen LogP contribution in [0.25, 0.3) is 0 Å². The SMILES string of the molecule is CCC(N)C(=O)NCCn1ccnc1. The number of nitrogens with two attached hydrogens (primary N) is 1. The minimum atomic E-state index is -0.391. The van der Waals surface area contributed by atoms with E-state index in [1.165, 1.54) is 0 Å². The van der Waals surface area contributed by atoms with E-state index in [0.29, 0.717) is 13.0 Å². The van der Waals surface area contributed by atoms with Gasteiger partial charge in [-0.2, -0.15) is 0 Å². The highest BCUT2D eigenvalue weighted by atomic mass is 16.2. The van der Waals surface area contributed by atoms with E-state index in [9.17, 15) is 4.79 Å². The lowest BCUT2D eigenvalue weighted by Crippen LogP contribution is -2.41. The molecule has 1 aromatic heterocycles. The Hall–Kier alpha value is -1.36. The average molecular weight is 196 g/mol. The van der Waals surface area contributed by atoms with Gasteiger partial charge in [-0.05, 0) is 6.42 Å². The molecular weight excluding hydrogens is 180 g/mol. The second-order valence-corrected chi connectivity index (χ2v) is 3.11. The van der Waals surface area contributed by atoms with Crippen LogP contribution >= 0.6 is 0 Å². The molecule has 0 aromatic carbocycles. The number of aromatic nitrogens is 2. The van der Waals surface area contributed by atoms with E-state index in [2.05, 4.69) is 10.3 Å². The Morgan fingerprint density at radius 1 is 1.71 bits per heavy atom. The molecule has 0 saturated heterocycles. The van der Waals surface area contributed by atoms with Crippen molar-refractivity contribution in [2.24, 2.45) is 5.73 Å². The van der Waals surface area contributed by atoms with E-state index < -0.39 is 6.04 Å². The fraction of sp³-hybridized carbons (Fsp3) is 0.556. The normalized spacial score (nSPS) is 12.4. The Kier molecular flexibility index (Phi) is 4.12. The molecule has 0 aliphatic carbocycles. The first kappa shape index (κ1) is 10.7. The number of hydrogen-bond donors (Lipinski definition) is 2. The van der Waals surface area contributed by atoms with E-state index in [-0.39, 0.29) is 5.91 Å². The molecule has 0 saturated carbocycles. The third-order valence-electron chi connectivity index (χ3n) is 2.01. The third kappa shape index (κ3) is 3.18. The van der Waals surface area contributed by atoms with E-state index in [4.69, 9.17) is 5.73 Å². The summed E-state index contributed by atoms with van der Waals surface area (Å²) >= 11 is 0. The second-order valence-electron chi connectivity index (χ2n) is 3.11. The standard InChI is InChI=1S/C9H16N4O/c1-2-8(10)9(14)12-4-6-13-5-3-11-7-13/h3,5,7-8H,2,4,6,10H2,1H3,(H,12,14). The molecule has 1 rings (SSSR count). The van der Waals surface area contributed by atoms with Gasteiger partial charge in [-0.3, -0.25) is 4.79 Å². The minimum absolute atomic E-state index is 0.0902. The van der Waals surface area contributed by atoms with Gasteiger partial charge in [-0.1, -0.05) is 6.92 Å². The Morgan fingerprint density at radius 2 is 2.50 bits per heavy atom. The Labute approximate surface area is 83.3 Å². The summed E-state index contributed by atoms with van der Waals surface area (Å²) in [7, 11) is 0. The molecule has 0 fully saturated rings. The first-order chi connectivity index (χ1) is 6.74. The van der Waals surface area contributed by atoms with E-state index in [1.54, 1.807) is 12.5 Å². The predicted octanol–water partition coefficient (Wildman–Crippen LogP) is -0.263. The number of carbonyl (C=O) groups is 1. The molecule has 0 radical (unpaired) electrons. The number of hydrogen-bond acceptors (Lipinski definition) is 3. The maximum atomic E-state index is 11.2. The smallest absolute Gasteiger partial charge is 0.236 e. The van der Waals surface area contributed by atoms with Crippen LogP contribution in [0.5, 0.6) is 0 Å². The van der Waals surface area contributed by atoms with Crippen molar-refractivity contribution in [3.05, 3.63) is 18.7 Å². The van der Waals surface area contributed by atoms with Gasteiger partial charge in [-0.15, -0.1) is 0 Å². The average Bonchev–Trinajstić information content (AvgIpc) is 2.69. The summed E-state index contributed by atoms with van der Waals surface area (Å²) in [6.45, 7) is 3.20. The van der Waals surface area contributed by atoms with E-state index >= 15 is 0 Å². The first-order valence-corrected chi connectivity index (χ1v) is 4.73. The fourth-order valence-corrected chi connectivity index (χ4v) is 1.04. The number of nitrogens with zero attached hydrogens (tertiary/aromatic N) is 2. The van der Waals surface area contributed by atoms with Gasteiger partial charge < -0.3 is 15.6 Å². The summed E-state index contributed by atoms with van der Waals surface area (Å²) in [5, 5.41) is 2.76. The quantitative estimate of drug-likeness (QED) is 0.681. The van der Waals surface area contributed by atoms with Gasteiger partial charge in [0.2, 0.25) is 5.91 Å². The molecule has 0 aliphatic heterocycles. The highest BCUT2D eigenvalue weighted by Crippen LogP contribution is 1.87. The summed E-state index contributed by atoms with van der Waals surface area (Å²) < 4.78 is 1.90. The number of nitrogens with one attached hydrogen (secondary N) is 1. The Balaban J connectivity index is 2.18. The molecule has 78 valence electrons. The van der Waals surface area contributed by atoms with Gasteiger partial charge in [0.25, 0.3) is 0 Å². The van der Waals surface area contributed by atoms with Crippen LogP contribution in [-0.4, -0.2) is 28.0 Å². The summed E-state index contributed by atoms with van der Waals surface area (Å²) in [5.74, 6) is -0.0902. The van der Waals surface area contributed by atoms with Crippen LogP contribution < -0.4 is 11.1 Å². The topological polar surface area (TPSA) is 72.9 Å². The van der Waals surface area contributed by atoms with Crippen molar-refractivity contribution in [3.63, 3.8) is 0 Å². The maximum Gasteiger partial charge on any atom is 0.236 e. The van der Waals surface area contributed by atoms with Crippen LogP contribution in [0.15, 0.2) is 18.7 Å². The number of amides is 1. The van der Waals surface area contributed by atoms with E-state index in [0.717, 1.165) is 6.54 Å². The summed E-state index contributed by atoms with van der Waals surface area (Å²) in [6, 6.07) is -0.391. The summed E-state index contributed by atoms with van der Waals surface area (Å²) in [4.78, 5) is 15.1. The molecule has 1 amide bonds. The summed E-state index contributed by atoms with van der Waals surface area (Å²) in [6.07, 6.45) is 5.94. The van der Waals surface area contributed by atoms with Crippen LogP contribution in [0.4, 0.5) is 0 Å². The highest BCUT2D eigenvalue weighted by molar-refractivity contribution is 5.81. The van der Waals surface area contributed by atoms with Crippen molar-refractivity contribution in [1.82, 2.24) is 14.9 Å². The zero-order chi connectivity index (χ0) is 10.4. The predicted molar refractivity (Wildman–Crippen MR) is 53.5 cm³/mol. The zero-order valence-corrected chi connectivity index (χ0v) is 8.31. The fourth-order valence-electron chi connectivity index (χ4n) is 1.04. The molecule has 1 aromatic rings. The highest BCUT2D eigenvalue weighted by Gasteiger charge is 2.08. The zero-order valence-electron chi connectivity index (χ0n) is 8.31. The lowest BCUT2D eigenvalue weighted by Gasteiger charge is -2.09. The monoisotopic (exact) mass is 196 g/mol. The second kappa shape index (κ2) is 5.39. The molecule has 0 bridgehead atoms. The Bertz CT molecular complexity index is 270. The summed E-state index contributed by atoms with van der Waals surface area (Å²) in [5.41, 5.74) is 5.54. The number of carbonyl (C=O) groups excluding carboxylic acids is 1. The van der Waals surface area contributed by atoms with Gasteiger partial charge in [0.15, 0.2) is 0 Å². The van der Waals surface area contributed by atoms with Crippen LogP contribution in [-0.2, 0) is 11.3 Å². The molecule has 14 heavy (non-hydrogen) atoms. The van der Waals surface area contributed by atoms with E-state index in [1.807, 2.05) is 17.7 Å². The molecule has 3 N–H and O–H groups in total. The molecular formula is C9H16N4O. The molecule has 0 aliphatic rings. The van der Waals surface area contributed by atoms with Crippen molar-refractivity contribution in [2.45, 2.75) is 25.9 Å². The molecule has 5 nitrogen and oxygen atoms in total. The molecule has 0 spiro atoms. The van der Waals surface area contributed by atoms with Crippen LogP contribution in [0.3, 0.4) is 0 Å². The van der Waals surface area contributed by atoms with Crippen molar-refractivity contribution in [1.29, 1.82) is 0 Å². The number of imidazole rings is 1. The van der Waals surface area contributed by atoms with Gasteiger partial charge in [0, 0.05) is 25.5 Å². The van der Waals surface area contributed by atoms with Crippen LogP contribution in [0.1, 0.15) is 13.3 Å². The lowest BCUT2D eigenvalue weighted by atomic mass is 10.2. The Morgan fingerprint density at radius 3 is 3.07 bits per heavy atom. The van der Waals surface area contributed by atoms with Crippen molar-refractivity contribution in [2.75, 3.05) is 6.54 Å². The maximum absolute atomic E-state index is 11.2.